The molecule has 0 spiro atoms. The summed E-state index contributed by atoms with van der Waals surface area (Å²) < 4.78 is 48.4. The molecule has 0 saturated heterocycles. The summed E-state index contributed by atoms with van der Waals surface area (Å²) >= 11 is 0. The minimum Gasteiger partial charge on any atom is -0.396 e. The van der Waals surface area contributed by atoms with Gasteiger partial charge in [0.2, 0.25) is 9.84 Å². The number of aliphatic hydroxyl groups excluding tert-OH is 1. The zero-order valence-electron chi connectivity index (χ0n) is 11.2. The lowest BCUT2D eigenvalue weighted by molar-refractivity contribution is 0.235. The molecule has 0 bridgehead atoms. The lowest BCUT2D eigenvalue weighted by Gasteiger charge is -2.17. The van der Waals surface area contributed by atoms with Gasteiger partial charge < -0.3 is 10.4 Å². The van der Waals surface area contributed by atoms with E-state index in [1.54, 1.807) is 6.07 Å². The maximum atomic E-state index is 12.6. The number of alkyl halides is 2. The summed E-state index contributed by atoms with van der Waals surface area (Å²) in [6, 6.07) is 5.61. The largest absolute Gasteiger partial charge is 0.396 e. The molecule has 0 heterocycles. The molecule has 114 valence electrons. The molecule has 0 amide bonds. The quantitative estimate of drug-likeness (QED) is 0.774. The van der Waals surface area contributed by atoms with Gasteiger partial charge in [-0.25, -0.2) is 8.42 Å². The fraction of sp³-hybridized carbons (Fsp3) is 0.538. The minimum atomic E-state index is -4.62. The number of benzene rings is 1. The average molecular weight is 307 g/mol. The van der Waals surface area contributed by atoms with E-state index in [-0.39, 0.29) is 18.2 Å². The lowest BCUT2D eigenvalue weighted by Crippen LogP contribution is -2.18. The van der Waals surface area contributed by atoms with Gasteiger partial charge >= 0.3 is 5.76 Å². The Morgan fingerprint density at radius 3 is 2.50 bits per heavy atom. The Balaban J connectivity index is 2.92. The van der Waals surface area contributed by atoms with Crippen LogP contribution in [0.25, 0.3) is 0 Å². The van der Waals surface area contributed by atoms with Gasteiger partial charge in [0, 0.05) is 13.2 Å². The summed E-state index contributed by atoms with van der Waals surface area (Å²) in [5, 5.41) is 11.8. The molecule has 0 radical (unpaired) electrons. The lowest BCUT2D eigenvalue weighted by atomic mass is 10.0. The molecular formula is C13H19F2NO3S. The first-order chi connectivity index (χ1) is 9.43. The summed E-state index contributed by atoms with van der Waals surface area (Å²) in [5.41, 5.74) is 0.171. The van der Waals surface area contributed by atoms with Crippen molar-refractivity contribution in [1.82, 2.24) is 0 Å². The van der Waals surface area contributed by atoms with E-state index >= 15 is 0 Å². The van der Waals surface area contributed by atoms with Crippen LogP contribution in [0, 0.1) is 5.92 Å². The van der Waals surface area contributed by atoms with E-state index in [0.717, 1.165) is 12.5 Å². The second-order valence-corrected chi connectivity index (χ2v) is 6.36. The van der Waals surface area contributed by atoms with Gasteiger partial charge in [0.05, 0.1) is 10.6 Å². The molecule has 1 aromatic carbocycles. The van der Waals surface area contributed by atoms with Gasteiger partial charge in [-0.3, -0.25) is 0 Å². The van der Waals surface area contributed by atoms with E-state index in [4.69, 9.17) is 5.11 Å². The molecule has 0 aliphatic heterocycles. The van der Waals surface area contributed by atoms with E-state index in [9.17, 15) is 17.2 Å². The molecule has 0 aromatic heterocycles. The van der Waals surface area contributed by atoms with Crippen molar-refractivity contribution in [3.63, 3.8) is 0 Å². The molecule has 0 aliphatic rings. The van der Waals surface area contributed by atoms with E-state index in [2.05, 4.69) is 5.32 Å². The van der Waals surface area contributed by atoms with Crippen LogP contribution in [0.15, 0.2) is 29.2 Å². The van der Waals surface area contributed by atoms with Crippen molar-refractivity contribution in [2.24, 2.45) is 5.92 Å². The highest BCUT2D eigenvalue weighted by atomic mass is 32.2. The molecule has 20 heavy (non-hydrogen) atoms. The number of sulfone groups is 1. The summed E-state index contributed by atoms with van der Waals surface area (Å²) in [6.07, 6.45) is 1.38. The van der Waals surface area contributed by atoms with Crippen LogP contribution in [0.2, 0.25) is 0 Å². The number of aliphatic hydroxyl groups is 1. The SMILES string of the molecule is CCC(CCO)CNc1ccccc1S(=O)(=O)C(F)F. The van der Waals surface area contributed by atoms with Crippen LogP contribution >= 0.6 is 0 Å². The van der Waals surface area contributed by atoms with Gasteiger partial charge in [0.15, 0.2) is 0 Å². The van der Waals surface area contributed by atoms with Gasteiger partial charge in [-0.2, -0.15) is 8.78 Å². The zero-order chi connectivity index (χ0) is 15.2. The molecule has 1 rings (SSSR count). The molecule has 7 heteroatoms. The first-order valence-corrected chi connectivity index (χ1v) is 7.93. The fourth-order valence-corrected chi connectivity index (χ4v) is 2.75. The zero-order valence-corrected chi connectivity index (χ0v) is 12.0. The Morgan fingerprint density at radius 1 is 1.30 bits per heavy atom. The normalized spacial score (nSPS) is 13.4. The maximum Gasteiger partial charge on any atom is 0.341 e. The summed E-state index contributed by atoms with van der Waals surface area (Å²) in [5.74, 6) is -3.29. The molecule has 1 unspecified atom stereocenters. The van der Waals surface area contributed by atoms with E-state index in [0.29, 0.717) is 13.0 Å². The second-order valence-electron chi connectivity index (χ2n) is 4.47. The van der Waals surface area contributed by atoms with Crippen molar-refractivity contribution in [2.75, 3.05) is 18.5 Å². The molecule has 0 saturated carbocycles. The molecular weight excluding hydrogens is 288 g/mol. The fourth-order valence-electron chi connectivity index (χ4n) is 1.84. The molecule has 1 aromatic rings. The minimum absolute atomic E-state index is 0.0389. The monoisotopic (exact) mass is 307 g/mol. The van der Waals surface area contributed by atoms with Crippen LogP contribution in [0.3, 0.4) is 0 Å². The highest BCUT2D eigenvalue weighted by molar-refractivity contribution is 7.91. The van der Waals surface area contributed by atoms with E-state index in [1.165, 1.54) is 12.1 Å². The maximum absolute atomic E-state index is 12.6. The Morgan fingerprint density at radius 2 is 1.95 bits per heavy atom. The standard InChI is InChI=1S/C13H19F2NO3S/c1-2-10(7-8-17)9-16-11-5-3-4-6-12(11)20(18,19)13(14)15/h3-6,10,13,16-17H,2,7-9H2,1H3. The predicted octanol–water partition coefficient (Wildman–Crippen LogP) is 2.50. The van der Waals surface area contributed by atoms with E-state index in [1.807, 2.05) is 6.92 Å². The average Bonchev–Trinajstić information content (AvgIpc) is 2.43. The van der Waals surface area contributed by atoms with Crippen molar-refractivity contribution < 1.29 is 22.3 Å². The predicted molar refractivity (Wildman–Crippen MR) is 73.6 cm³/mol. The van der Waals surface area contributed by atoms with Crippen molar-refractivity contribution in [2.45, 2.75) is 30.4 Å². The molecule has 4 nitrogen and oxygen atoms in total. The van der Waals surface area contributed by atoms with Crippen molar-refractivity contribution in [1.29, 1.82) is 0 Å². The number of halogens is 2. The van der Waals surface area contributed by atoms with Crippen LogP contribution in [-0.4, -0.2) is 32.4 Å². The van der Waals surface area contributed by atoms with Crippen molar-refractivity contribution in [3.05, 3.63) is 24.3 Å². The molecule has 0 aliphatic carbocycles. The second kappa shape index (κ2) is 7.54. The third kappa shape index (κ3) is 4.14. The number of para-hydroxylation sites is 1. The number of rotatable bonds is 8. The Hall–Kier alpha value is -1.21. The number of nitrogens with one attached hydrogen (secondary N) is 1. The van der Waals surface area contributed by atoms with Gasteiger partial charge in [-0.05, 0) is 24.5 Å². The highest BCUT2D eigenvalue weighted by Gasteiger charge is 2.28. The topological polar surface area (TPSA) is 66.4 Å². The summed E-state index contributed by atoms with van der Waals surface area (Å²) in [7, 11) is -4.62. The van der Waals surface area contributed by atoms with Gasteiger partial charge in [0.1, 0.15) is 0 Å². The smallest absolute Gasteiger partial charge is 0.341 e. The first kappa shape index (κ1) is 16.8. The Labute approximate surface area is 117 Å². The third-order valence-electron chi connectivity index (χ3n) is 3.12. The Bertz CT molecular complexity index is 520. The third-order valence-corrected chi connectivity index (χ3v) is 4.56. The molecule has 2 N–H and O–H groups in total. The van der Waals surface area contributed by atoms with Crippen LogP contribution in [-0.2, 0) is 9.84 Å². The van der Waals surface area contributed by atoms with Crippen molar-refractivity contribution in [3.8, 4) is 0 Å². The van der Waals surface area contributed by atoms with Crippen LogP contribution in [0.5, 0.6) is 0 Å². The first-order valence-electron chi connectivity index (χ1n) is 6.39. The summed E-state index contributed by atoms with van der Waals surface area (Å²) in [4.78, 5) is -0.395. The summed E-state index contributed by atoms with van der Waals surface area (Å²) in [6.45, 7) is 2.41. The Kier molecular flexibility index (Phi) is 6.35. The van der Waals surface area contributed by atoms with Crippen molar-refractivity contribution >= 4 is 15.5 Å². The number of anilines is 1. The van der Waals surface area contributed by atoms with Gasteiger partial charge in [0.25, 0.3) is 0 Å². The van der Waals surface area contributed by atoms with Gasteiger partial charge in [-0.1, -0.05) is 25.5 Å². The van der Waals surface area contributed by atoms with Crippen LogP contribution in [0.1, 0.15) is 19.8 Å². The number of hydrogen-bond donors (Lipinski definition) is 2. The van der Waals surface area contributed by atoms with Gasteiger partial charge in [-0.15, -0.1) is 0 Å². The van der Waals surface area contributed by atoms with Crippen LogP contribution < -0.4 is 5.32 Å². The molecule has 0 fully saturated rings. The highest BCUT2D eigenvalue weighted by Crippen LogP contribution is 2.26. The van der Waals surface area contributed by atoms with Crippen LogP contribution in [0.4, 0.5) is 14.5 Å². The number of hydrogen-bond acceptors (Lipinski definition) is 4. The molecule has 1 atom stereocenters. The van der Waals surface area contributed by atoms with E-state index < -0.39 is 20.5 Å².